The van der Waals surface area contributed by atoms with Crippen LogP contribution in [0.3, 0.4) is 0 Å². The molecular weight excluding hydrogens is 384 g/mol. The van der Waals surface area contributed by atoms with E-state index in [1.54, 1.807) is 17.0 Å². The number of aromatic carboxylic acids is 1. The molecule has 30 heavy (non-hydrogen) atoms. The number of rotatable bonds is 5. The summed E-state index contributed by atoms with van der Waals surface area (Å²) in [6.45, 7) is 2.08. The van der Waals surface area contributed by atoms with Gasteiger partial charge in [-0.15, -0.1) is 0 Å². The van der Waals surface area contributed by atoms with Crippen LogP contribution in [-0.2, 0) is 0 Å². The van der Waals surface area contributed by atoms with E-state index in [-0.39, 0.29) is 35.0 Å². The molecule has 3 atom stereocenters. The van der Waals surface area contributed by atoms with Gasteiger partial charge < -0.3 is 10.0 Å². The SMILES string of the molecule is CCCC1C2CC=CC2c2cc(C(=O)O)ccc2N1C(=O)c1ccc([N+](=O)[O-])cc1. The van der Waals surface area contributed by atoms with Gasteiger partial charge in [0.1, 0.15) is 0 Å². The number of amides is 1. The Morgan fingerprint density at radius 3 is 2.50 bits per heavy atom. The molecule has 4 rings (SSSR count). The number of carbonyl (C=O) groups is 2. The number of nitrogens with zero attached hydrogens (tertiary/aromatic N) is 2. The van der Waals surface area contributed by atoms with E-state index in [9.17, 15) is 24.8 Å². The van der Waals surface area contributed by atoms with E-state index in [0.29, 0.717) is 5.56 Å². The van der Waals surface area contributed by atoms with Crippen LogP contribution in [0.1, 0.15) is 58.4 Å². The van der Waals surface area contributed by atoms with Gasteiger partial charge in [-0.05, 0) is 54.7 Å². The zero-order valence-electron chi connectivity index (χ0n) is 16.5. The summed E-state index contributed by atoms with van der Waals surface area (Å²) in [5.74, 6) is -0.960. The van der Waals surface area contributed by atoms with Gasteiger partial charge in [0.15, 0.2) is 0 Å². The van der Waals surface area contributed by atoms with E-state index in [4.69, 9.17) is 0 Å². The Bertz CT molecular complexity index is 1040. The van der Waals surface area contributed by atoms with Gasteiger partial charge in [0, 0.05) is 35.3 Å². The van der Waals surface area contributed by atoms with Crippen LogP contribution in [0, 0.1) is 16.0 Å². The van der Waals surface area contributed by atoms with Crippen LogP contribution < -0.4 is 4.90 Å². The first kappa shape index (κ1) is 19.8. The number of carbonyl (C=O) groups excluding carboxylic acids is 1. The maximum atomic E-state index is 13.6. The highest BCUT2D eigenvalue weighted by molar-refractivity contribution is 6.08. The number of benzene rings is 2. The lowest BCUT2D eigenvalue weighted by Crippen LogP contribution is -2.49. The Morgan fingerprint density at radius 2 is 1.87 bits per heavy atom. The van der Waals surface area contributed by atoms with Crippen LogP contribution in [-0.4, -0.2) is 27.9 Å². The Morgan fingerprint density at radius 1 is 1.17 bits per heavy atom. The molecule has 2 aromatic carbocycles. The lowest BCUT2D eigenvalue weighted by molar-refractivity contribution is -0.384. The fourth-order valence-corrected chi connectivity index (χ4v) is 4.71. The molecule has 1 aliphatic carbocycles. The van der Waals surface area contributed by atoms with Crippen molar-refractivity contribution in [2.75, 3.05) is 4.90 Å². The maximum absolute atomic E-state index is 13.6. The van der Waals surface area contributed by atoms with Crippen LogP contribution in [0.2, 0.25) is 0 Å². The number of non-ortho nitro benzene ring substituents is 1. The number of allylic oxidation sites excluding steroid dienone is 2. The van der Waals surface area contributed by atoms with Crippen molar-refractivity contribution in [3.8, 4) is 0 Å². The molecule has 1 heterocycles. The van der Waals surface area contributed by atoms with Crippen LogP contribution in [0.25, 0.3) is 0 Å². The summed E-state index contributed by atoms with van der Waals surface area (Å²) >= 11 is 0. The summed E-state index contributed by atoms with van der Waals surface area (Å²) < 4.78 is 0. The highest BCUT2D eigenvalue weighted by atomic mass is 16.6. The van der Waals surface area contributed by atoms with Gasteiger partial charge in [-0.25, -0.2) is 4.79 Å². The molecular formula is C23H22N2O5. The topological polar surface area (TPSA) is 101 Å². The second-order valence-electron chi connectivity index (χ2n) is 7.77. The molecule has 0 bridgehead atoms. The molecule has 1 aliphatic heterocycles. The minimum absolute atomic E-state index is 0.0270. The van der Waals surface area contributed by atoms with Gasteiger partial charge in [0.05, 0.1) is 10.5 Å². The number of carboxylic acid groups (broad SMARTS) is 1. The van der Waals surface area contributed by atoms with Crippen molar-refractivity contribution < 1.29 is 19.6 Å². The summed E-state index contributed by atoms with van der Waals surface area (Å²) in [6, 6.07) is 10.5. The zero-order valence-corrected chi connectivity index (χ0v) is 16.5. The van der Waals surface area contributed by atoms with E-state index in [1.165, 1.54) is 30.3 Å². The third kappa shape index (κ3) is 3.26. The summed E-state index contributed by atoms with van der Waals surface area (Å²) in [4.78, 5) is 37.3. The first-order chi connectivity index (χ1) is 14.4. The molecule has 2 aromatic rings. The Balaban J connectivity index is 1.82. The highest BCUT2D eigenvalue weighted by Crippen LogP contribution is 2.49. The number of nitro benzene ring substituents is 1. The molecule has 0 fully saturated rings. The van der Waals surface area contributed by atoms with Gasteiger partial charge >= 0.3 is 5.97 Å². The minimum Gasteiger partial charge on any atom is -0.478 e. The standard InChI is InChI=1S/C23H22N2O5/c1-2-4-20-18-6-3-5-17(18)19-13-15(23(27)28)9-12-21(19)24(20)22(26)14-7-10-16(11-8-14)25(29)30/h3,5,7-13,17-18,20H,2,4,6H2,1H3,(H,27,28). The average Bonchev–Trinajstić information content (AvgIpc) is 3.23. The van der Waals surface area contributed by atoms with Gasteiger partial charge in [-0.1, -0.05) is 25.5 Å². The van der Waals surface area contributed by atoms with E-state index < -0.39 is 10.9 Å². The van der Waals surface area contributed by atoms with Crippen molar-refractivity contribution >= 4 is 23.3 Å². The second-order valence-corrected chi connectivity index (χ2v) is 7.77. The van der Waals surface area contributed by atoms with E-state index in [1.807, 2.05) is 0 Å². The van der Waals surface area contributed by atoms with E-state index in [0.717, 1.165) is 30.5 Å². The summed E-state index contributed by atoms with van der Waals surface area (Å²) in [7, 11) is 0. The molecule has 0 saturated carbocycles. The lowest BCUT2D eigenvalue weighted by Gasteiger charge is -2.44. The molecule has 0 radical (unpaired) electrons. The van der Waals surface area contributed by atoms with Crippen LogP contribution in [0.5, 0.6) is 0 Å². The van der Waals surface area contributed by atoms with Gasteiger partial charge in [0.25, 0.3) is 11.6 Å². The molecule has 3 unspecified atom stereocenters. The summed E-state index contributed by atoms with van der Waals surface area (Å²) in [5.41, 5.74) is 2.07. The van der Waals surface area contributed by atoms with Gasteiger partial charge in [-0.3, -0.25) is 14.9 Å². The lowest BCUT2D eigenvalue weighted by atomic mass is 9.76. The van der Waals surface area contributed by atoms with E-state index >= 15 is 0 Å². The van der Waals surface area contributed by atoms with Crippen LogP contribution >= 0.6 is 0 Å². The third-order valence-electron chi connectivity index (χ3n) is 6.06. The molecule has 2 aliphatic rings. The fraction of sp³-hybridized carbons (Fsp3) is 0.304. The Hall–Kier alpha value is -3.48. The normalized spacial score (nSPS) is 21.8. The fourth-order valence-electron chi connectivity index (χ4n) is 4.71. The molecule has 1 amide bonds. The third-order valence-corrected chi connectivity index (χ3v) is 6.06. The van der Waals surface area contributed by atoms with Crippen molar-refractivity contribution in [1.82, 2.24) is 0 Å². The predicted octanol–water partition coefficient (Wildman–Crippen LogP) is 4.78. The number of anilines is 1. The largest absolute Gasteiger partial charge is 0.478 e. The monoisotopic (exact) mass is 406 g/mol. The van der Waals surface area contributed by atoms with Crippen LogP contribution in [0.4, 0.5) is 11.4 Å². The smallest absolute Gasteiger partial charge is 0.335 e. The molecule has 0 aromatic heterocycles. The molecule has 154 valence electrons. The van der Waals surface area contributed by atoms with Crippen molar-refractivity contribution in [2.24, 2.45) is 5.92 Å². The molecule has 7 nitrogen and oxygen atoms in total. The number of fused-ring (bicyclic) bond motifs is 3. The van der Waals surface area contributed by atoms with E-state index in [2.05, 4.69) is 19.1 Å². The van der Waals surface area contributed by atoms with Crippen molar-refractivity contribution in [3.63, 3.8) is 0 Å². The first-order valence-electron chi connectivity index (χ1n) is 10.0. The molecule has 7 heteroatoms. The molecule has 1 N–H and O–H groups in total. The number of hydrogen-bond acceptors (Lipinski definition) is 4. The predicted molar refractivity (Wildman–Crippen MR) is 112 cm³/mol. The van der Waals surface area contributed by atoms with Crippen molar-refractivity contribution in [3.05, 3.63) is 81.4 Å². The number of hydrogen-bond donors (Lipinski definition) is 1. The average molecular weight is 406 g/mol. The van der Waals surface area contributed by atoms with Crippen molar-refractivity contribution in [2.45, 2.75) is 38.1 Å². The minimum atomic E-state index is -1.000. The summed E-state index contributed by atoms with van der Waals surface area (Å²) in [5, 5.41) is 20.4. The number of carboxylic acids is 1. The summed E-state index contributed by atoms with van der Waals surface area (Å²) in [6.07, 6.45) is 6.78. The zero-order chi connectivity index (χ0) is 21.4. The Kier molecular flexibility index (Phi) is 5.11. The van der Waals surface area contributed by atoms with Gasteiger partial charge in [0.2, 0.25) is 0 Å². The number of nitro groups is 1. The van der Waals surface area contributed by atoms with Gasteiger partial charge in [-0.2, -0.15) is 0 Å². The van der Waals surface area contributed by atoms with Crippen LogP contribution in [0.15, 0.2) is 54.6 Å². The maximum Gasteiger partial charge on any atom is 0.335 e. The van der Waals surface area contributed by atoms with Crippen molar-refractivity contribution in [1.29, 1.82) is 0 Å². The first-order valence-corrected chi connectivity index (χ1v) is 10.0. The quantitative estimate of drug-likeness (QED) is 0.437. The Labute approximate surface area is 173 Å². The second kappa shape index (κ2) is 7.74. The molecule has 0 saturated heterocycles. The molecule has 0 spiro atoms. The highest BCUT2D eigenvalue weighted by Gasteiger charge is 2.43.